The van der Waals surface area contributed by atoms with Crippen molar-refractivity contribution in [1.82, 2.24) is 20.2 Å². The molecule has 1 amide bonds. The molecule has 0 spiro atoms. The van der Waals surface area contributed by atoms with Gasteiger partial charge in [-0.05, 0) is 18.6 Å². The summed E-state index contributed by atoms with van der Waals surface area (Å²) in [6.45, 7) is 6.19. The lowest BCUT2D eigenvalue weighted by molar-refractivity contribution is -0.116. The zero-order chi connectivity index (χ0) is 20.8. The summed E-state index contributed by atoms with van der Waals surface area (Å²) in [5.74, 6) is 0.947. The Bertz CT molecular complexity index is 1000. The van der Waals surface area contributed by atoms with E-state index in [4.69, 9.17) is 23.2 Å². The van der Waals surface area contributed by atoms with Crippen molar-refractivity contribution >= 4 is 57.3 Å². The number of benzene rings is 1. The molecule has 29 heavy (non-hydrogen) atoms. The maximum Gasteiger partial charge on any atom is 0.239 e. The van der Waals surface area contributed by atoms with Crippen LogP contribution in [0.1, 0.15) is 19.2 Å². The molecule has 3 rings (SSSR count). The second kappa shape index (κ2) is 10.2. The van der Waals surface area contributed by atoms with Crippen molar-refractivity contribution in [1.29, 1.82) is 0 Å². The molecular weight excluding hydrogens is 449 g/mol. The number of nitrogens with zero attached hydrogens (tertiary/aromatic N) is 4. The maximum atomic E-state index is 12.8. The normalized spacial score (nSPS) is 10.9. The van der Waals surface area contributed by atoms with Crippen molar-refractivity contribution in [3.8, 4) is 11.3 Å². The molecule has 3 aromatic rings. The molecule has 0 aliphatic carbocycles. The first kappa shape index (κ1) is 21.8. The predicted octanol–water partition coefficient (Wildman–Crippen LogP) is 5.50. The van der Waals surface area contributed by atoms with Gasteiger partial charge in [-0.3, -0.25) is 14.8 Å². The highest BCUT2D eigenvalue weighted by atomic mass is 35.5. The van der Waals surface area contributed by atoms with Crippen molar-refractivity contribution in [2.45, 2.75) is 24.9 Å². The summed E-state index contributed by atoms with van der Waals surface area (Å²) in [5.41, 5.74) is 1.57. The van der Waals surface area contributed by atoms with Crippen LogP contribution in [-0.2, 0) is 11.2 Å². The van der Waals surface area contributed by atoms with Crippen LogP contribution in [0.4, 0.5) is 5.13 Å². The summed E-state index contributed by atoms with van der Waals surface area (Å²) < 4.78 is 0. The summed E-state index contributed by atoms with van der Waals surface area (Å²) in [4.78, 5) is 23.4. The third-order valence-corrected chi connectivity index (χ3v) is 6.31. The Morgan fingerprint density at radius 1 is 1.34 bits per heavy atom. The minimum atomic E-state index is -0.0909. The topological polar surface area (TPSA) is 74.8 Å². The fraction of sp³-hybridized carbons (Fsp3) is 0.263. The predicted molar refractivity (Wildman–Crippen MR) is 121 cm³/mol. The van der Waals surface area contributed by atoms with Gasteiger partial charge in [-0.2, -0.15) is 0 Å². The van der Waals surface area contributed by atoms with Gasteiger partial charge in [0.15, 0.2) is 5.13 Å². The average molecular weight is 468 g/mol. The lowest BCUT2D eigenvalue weighted by atomic mass is 10.2. The van der Waals surface area contributed by atoms with Gasteiger partial charge in [-0.25, -0.2) is 9.97 Å². The monoisotopic (exact) mass is 467 g/mol. The Kier molecular flexibility index (Phi) is 7.71. The first-order valence-corrected chi connectivity index (χ1v) is 11.5. The van der Waals surface area contributed by atoms with Crippen LogP contribution in [-0.4, -0.2) is 38.4 Å². The van der Waals surface area contributed by atoms with E-state index in [1.165, 1.54) is 23.1 Å². The number of carbonyl (C=O) groups is 1. The quantitative estimate of drug-likeness (QED) is 0.332. The molecule has 1 N–H and O–H groups in total. The molecule has 10 heteroatoms. The highest BCUT2D eigenvalue weighted by Gasteiger charge is 2.19. The zero-order valence-corrected chi connectivity index (χ0v) is 18.8. The molecule has 152 valence electrons. The molecule has 0 radical (unpaired) electrons. The number of anilines is 1. The van der Waals surface area contributed by atoms with Gasteiger partial charge in [-0.15, -0.1) is 23.0 Å². The Morgan fingerprint density at radius 3 is 2.90 bits per heavy atom. The van der Waals surface area contributed by atoms with E-state index in [-0.39, 0.29) is 11.7 Å². The van der Waals surface area contributed by atoms with Crippen molar-refractivity contribution < 1.29 is 4.79 Å². The van der Waals surface area contributed by atoms with Crippen molar-refractivity contribution in [2.75, 3.05) is 17.2 Å². The van der Waals surface area contributed by atoms with Crippen LogP contribution in [0.2, 0.25) is 10.0 Å². The number of H-pyrrole nitrogens is 1. The molecule has 0 fully saturated rings. The largest absolute Gasteiger partial charge is 0.284 e. The van der Waals surface area contributed by atoms with E-state index in [1.54, 1.807) is 23.1 Å². The molecule has 0 bridgehead atoms. The molecule has 1 aromatic carbocycles. The lowest BCUT2D eigenvalue weighted by Crippen LogP contribution is -2.32. The van der Waals surface area contributed by atoms with Crippen LogP contribution in [0.5, 0.6) is 0 Å². The molecule has 0 aliphatic heterocycles. The average Bonchev–Trinajstić information content (AvgIpc) is 3.36. The smallest absolute Gasteiger partial charge is 0.239 e. The van der Waals surface area contributed by atoms with Gasteiger partial charge < -0.3 is 0 Å². The highest BCUT2D eigenvalue weighted by molar-refractivity contribution is 7.99. The molecule has 0 aliphatic rings. The number of thiazole rings is 1. The summed E-state index contributed by atoms with van der Waals surface area (Å²) in [7, 11) is 0. The lowest BCUT2D eigenvalue weighted by Gasteiger charge is -2.17. The maximum absolute atomic E-state index is 12.8. The molecule has 2 aromatic heterocycles. The van der Waals surface area contributed by atoms with E-state index in [1.807, 2.05) is 11.4 Å². The van der Waals surface area contributed by atoms with Crippen LogP contribution >= 0.6 is 46.3 Å². The number of carbonyl (C=O) groups excluding carboxylic acids is 1. The molecule has 2 heterocycles. The van der Waals surface area contributed by atoms with Gasteiger partial charge in [0.2, 0.25) is 11.1 Å². The fourth-order valence-electron chi connectivity index (χ4n) is 2.49. The van der Waals surface area contributed by atoms with Gasteiger partial charge in [0.25, 0.3) is 0 Å². The van der Waals surface area contributed by atoms with E-state index >= 15 is 0 Å². The van der Waals surface area contributed by atoms with Crippen molar-refractivity contribution in [3.63, 3.8) is 0 Å². The Morgan fingerprint density at radius 2 is 2.17 bits per heavy atom. The molecule has 6 nitrogen and oxygen atoms in total. The van der Waals surface area contributed by atoms with Crippen molar-refractivity contribution in [2.24, 2.45) is 0 Å². The molecule has 0 saturated heterocycles. The van der Waals surface area contributed by atoms with Crippen molar-refractivity contribution in [3.05, 3.63) is 52.1 Å². The summed E-state index contributed by atoms with van der Waals surface area (Å²) >= 11 is 14.8. The Labute approximate surface area is 187 Å². The minimum Gasteiger partial charge on any atom is -0.284 e. The van der Waals surface area contributed by atoms with Gasteiger partial charge in [0, 0.05) is 23.9 Å². The van der Waals surface area contributed by atoms with Crippen LogP contribution < -0.4 is 4.90 Å². The van der Waals surface area contributed by atoms with Crippen LogP contribution in [0, 0.1) is 0 Å². The summed E-state index contributed by atoms with van der Waals surface area (Å²) in [6.07, 6.45) is 3.49. The second-order valence-corrected chi connectivity index (χ2v) is 8.63. The number of halogens is 2. The van der Waals surface area contributed by atoms with Gasteiger partial charge in [0.1, 0.15) is 5.82 Å². The SMILES string of the molecule is C=CCN(C(=O)CSc1n[nH]c(CCC)n1)c1nc(-c2ccc(Cl)c(Cl)c2)cs1. The second-order valence-electron chi connectivity index (χ2n) is 6.04. The number of rotatable bonds is 9. The van der Waals surface area contributed by atoms with E-state index in [9.17, 15) is 4.79 Å². The third-order valence-electron chi connectivity index (χ3n) is 3.87. The minimum absolute atomic E-state index is 0.0909. The van der Waals surface area contributed by atoms with Gasteiger partial charge >= 0.3 is 0 Å². The number of aryl methyl sites for hydroxylation is 1. The van der Waals surface area contributed by atoms with E-state index in [0.29, 0.717) is 26.9 Å². The molecular formula is C19H19Cl2N5OS2. The number of aromatic amines is 1. The Hall–Kier alpha value is -1.87. The number of hydrogen-bond donors (Lipinski definition) is 1. The summed E-state index contributed by atoms with van der Waals surface area (Å²) in [5, 5.41) is 11.0. The van der Waals surface area contributed by atoms with Crippen LogP contribution in [0.15, 0.2) is 41.4 Å². The fourth-order valence-corrected chi connectivity index (χ4v) is 4.34. The van der Waals surface area contributed by atoms with Gasteiger partial charge in [0.05, 0.1) is 21.5 Å². The number of thioether (sulfide) groups is 1. The Balaban J connectivity index is 1.71. The first-order chi connectivity index (χ1) is 14.0. The highest BCUT2D eigenvalue weighted by Crippen LogP contribution is 2.32. The van der Waals surface area contributed by atoms with E-state index < -0.39 is 0 Å². The van der Waals surface area contributed by atoms with Crippen LogP contribution in [0.3, 0.4) is 0 Å². The number of amides is 1. The van der Waals surface area contributed by atoms with E-state index in [0.717, 1.165) is 29.9 Å². The van der Waals surface area contributed by atoms with Crippen LogP contribution in [0.25, 0.3) is 11.3 Å². The third kappa shape index (κ3) is 5.60. The summed E-state index contributed by atoms with van der Waals surface area (Å²) in [6, 6.07) is 5.33. The zero-order valence-electron chi connectivity index (χ0n) is 15.7. The number of aromatic nitrogens is 4. The van der Waals surface area contributed by atoms with Gasteiger partial charge in [-0.1, -0.05) is 54.0 Å². The molecule has 0 atom stereocenters. The number of nitrogens with one attached hydrogen (secondary N) is 1. The molecule has 0 saturated carbocycles. The molecule has 0 unspecified atom stereocenters. The first-order valence-electron chi connectivity index (χ1n) is 8.88. The standard InChI is InChI=1S/C19H19Cl2N5OS2/c1-3-5-16-23-18(25-24-16)28-11-17(27)26(8-4-2)19-22-15(10-29-19)12-6-7-13(20)14(21)9-12/h4,6-7,9-10H,2-3,5,8,11H2,1H3,(H,23,24,25). The number of hydrogen-bond acceptors (Lipinski definition) is 6. The van der Waals surface area contributed by atoms with E-state index in [2.05, 4.69) is 33.7 Å².